The quantitative estimate of drug-likeness (QED) is 0.732. The molecule has 0 aliphatic carbocycles. The highest BCUT2D eigenvalue weighted by molar-refractivity contribution is 7.13. The number of hydrogen-bond acceptors (Lipinski definition) is 6. The van der Waals surface area contributed by atoms with Crippen molar-refractivity contribution in [1.29, 1.82) is 0 Å². The molecule has 0 atom stereocenters. The van der Waals surface area contributed by atoms with Crippen molar-refractivity contribution in [2.45, 2.75) is 13.8 Å². The van der Waals surface area contributed by atoms with Crippen molar-refractivity contribution in [3.8, 4) is 16.6 Å². The van der Waals surface area contributed by atoms with Gasteiger partial charge in [0, 0.05) is 23.3 Å². The summed E-state index contributed by atoms with van der Waals surface area (Å²) in [5.74, 6) is 0.243. The zero-order chi connectivity index (χ0) is 16.4. The van der Waals surface area contributed by atoms with Gasteiger partial charge in [0.2, 0.25) is 5.91 Å². The summed E-state index contributed by atoms with van der Waals surface area (Å²) in [6.45, 7) is 3.81. The molecule has 9 heteroatoms. The molecule has 0 saturated heterocycles. The molecule has 3 aromatic rings. The molecular weight excluding hydrogens is 336 g/mol. The molecule has 0 aliphatic rings. The second kappa shape index (κ2) is 6.43. The van der Waals surface area contributed by atoms with Crippen LogP contribution < -0.4 is 5.32 Å². The van der Waals surface area contributed by atoms with Gasteiger partial charge in [-0.2, -0.15) is 10.1 Å². The highest BCUT2D eigenvalue weighted by Gasteiger charge is 2.14. The average Bonchev–Trinajstić information content (AvgIpc) is 3.16. The highest BCUT2D eigenvalue weighted by atomic mass is 35.5. The van der Waals surface area contributed by atoms with E-state index in [4.69, 9.17) is 11.6 Å². The van der Waals surface area contributed by atoms with Crippen LogP contribution in [0.15, 0.2) is 23.7 Å². The Morgan fingerprint density at radius 1 is 1.35 bits per heavy atom. The Morgan fingerprint density at radius 2 is 2.17 bits per heavy atom. The molecule has 3 aromatic heterocycles. The number of rotatable bonds is 4. The minimum absolute atomic E-state index is 0.147. The molecule has 1 amide bonds. The van der Waals surface area contributed by atoms with E-state index in [-0.39, 0.29) is 11.8 Å². The molecule has 0 unspecified atom stereocenters. The lowest BCUT2D eigenvalue weighted by Gasteiger charge is -2.08. The van der Waals surface area contributed by atoms with Crippen molar-refractivity contribution in [3.63, 3.8) is 0 Å². The summed E-state index contributed by atoms with van der Waals surface area (Å²) in [6, 6.07) is 3.59. The zero-order valence-corrected chi connectivity index (χ0v) is 14.0. The number of halogens is 1. The Bertz CT molecular complexity index is 845. The zero-order valence-electron chi connectivity index (χ0n) is 12.4. The largest absolute Gasteiger partial charge is 0.309 e. The minimum Gasteiger partial charge on any atom is -0.309 e. The molecule has 3 rings (SSSR count). The maximum atomic E-state index is 11.6. The standard InChI is InChI=1S/C14H13ClN6OS/c1-8-5-9(2)21(20-8)14-17-10(13-16-3-4-23-13)6-11(19-14)18-12(22)7-15/h3-6H,7H2,1-2H3,(H,17,18,19,22). The summed E-state index contributed by atoms with van der Waals surface area (Å²) in [7, 11) is 0. The molecule has 1 N–H and O–H groups in total. The number of hydrogen-bond donors (Lipinski definition) is 1. The fraction of sp³-hybridized carbons (Fsp3) is 0.214. The van der Waals surface area contributed by atoms with Gasteiger partial charge in [-0.3, -0.25) is 4.79 Å². The topological polar surface area (TPSA) is 85.6 Å². The number of aryl methyl sites for hydroxylation is 2. The number of anilines is 1. The van der Waals surface area contributed by atoms with Crippen molar-refractivity contribution in [2.75, 3.05) is 11.2 Å². The van der Waals surface area contributed by atoms with Crippen molar-refractivity contribution in [2.24, 2.45) is 0 Å². The Balaban J connectivity index is 2.11. The number of aromatic nitrogens is 5. The van der Waals surface area contributed by atoms with E-state index in [2.05, 4.69) is 25.4 Å². The van der Waals surface area contributed by atoms with Crippen LogP contribution in [-0.4, -0.2) is 36.5 Å². The van der Waals surface area contributed by atoms with Gasteiger partial charge in [0.25, 0.3) is 5.95 Å². The third kappa shape index (κ3) is 3.38. The second-order valence-electron chi connectivity index (χ2n) is 4.80. The van der Waals surface area contributed by atoms with Crippen molar-refractivity contribution < 1.29 is 4.79 Å². The van der Waals surface area contributed by atoms with E-state index in [1.165, 1.54) is 11.3 Å². The van der Waals surface area contributed by atoms with Crippen LogP contribution >= 0.6 is 22.9 Å². The third-order valence-corrected chi connectivity index (χ3v) is 3.99. The lowest BCUT2D eigenvalue weighted by atomic mass is 10.4. The molecule has 3 heterocycles. The van der Waals surface area contributed by atoms with E-state index in [1.807, 2.05) is 25.3 Å². The lowest BCUT2D eigenvalue weighted by Crippen LogP contribution is -2.16. The number of thiazole rings is 1. The average molecular weight is 349 g/mol. The summed E-state index contributed by atoms with van der Waals surface area (Å²) in [6.07, 6.45) is 1.70. The maximum Gasteiger partial charge on any atom is 0.253 e. The molecule has 0 spiro atoms. The van der Waals surface area contributed by atoms with E-state index in [1.54, 1.807) is 16.9 Å². The molecule has 23 heavy (non-hydrogen) atoms. The van der Waals surface area contributed by atoms with Gasteiger partial charge in [0.05, 0.1) is 5.69 Å². The van der Waals surface area contributed by atoms with Gasteiger partial charge in [-0.05, 0) is 19.9 Å². The molecule has 0 saturated carbocycles. The summed E-state index contributed by atoms with van der Waals surface area (Å²) in [5.41, 5.74) is 2.37. The second-order valence-corrected chi connectivity index (χ2v) is 5.96. The summed E-state index contributed by atoms with van der Waals surface area (Å²) >= 11 is 7.00. The SMILES string of the molecule is Cc1cc(C)n(-c2nc(NC(=O)CCl)cc(-c3nccs3)n2)n1. The van der Waals surface area contributed by atoms with Gasteiger partial charge >= 0.3 is 0 Å². The van der Waals surface area contributed by atoms with Gasteiger partial charge in [-0.1, -0.05) is 0 Å². The van der Waals surface area contributed by atoms with Crippen LogP contribution in [0.5, 0.6) is 0 Å². The predicted octanol–water partition coefficient (Wildman–Crippen LogP) is 2.58. The number of carbonyl (C=O) groups excluding carboxylic acids is 1. The van der Waals surface area contributed by atoms with Crippen LogP contribution in [0.1, 0.15) is 11.4 Å². The van der Waals surface area contributed by atoms with Crippen LogP contribution in [0, 0.1) is 13.8 Å². The maximum absolute atomic E-state index is 11.6. The first-order chi connectivity index (χ1) is 11.1. The van der Waals surface area contributed by atoms with Crippen molar-refractivity contribution in [3.05, 3.63) is 35.1 Å². The summed E-state index contributed by atoms with van der Waals surface area (Å²) < 4.78 is 1.63. The Morgan fingerprint density at radius 3 is 2.78 bits per heavy atom. The molecule has 7 nitrogen and oxygen atoms in total. The molecule has 0 bridgehead atoms. The Kier molecular flexibility index (Phi) is 4.35. The van der Waals surface area contributed by atoms with Crippen LogP contribution in [-0.2, 0) is 4.79 Å². The molecular formula is C14H13ClN6OS. The molecule has 118 valence electrons. The highest BCUT2D eigenvalue weighted by Crippen LogP contribution is 2.23. The fourth-order valence-electron chi connectivity index (χ4n) is 2.06. The molecule has 0 aliphatic heterocycles. The van der Waals surface area contributed by atoms with Gasteiger partial charge in [-0.15, -0.1) is 22.9 Å². The molecule has 0 radical (unpaired) electrons. The first kappa shape index (κ1) is 15.6. The van der Waals surface area contributed by atoms with E-state index in [0.717, 1.165) is 16.4 Å². The van der Waals surface area contributed by atoms with Gasteiger partial charge in [-0.25, -0.2) is 14.6 Å². The van der Waals surface area contributed by atoms with Crippen LogP contribution in [0.4, 0.5) is 5.82 Å². The number of nitrogens with zero attached hydrogens (tertiary/aromatic N) is 5. The Hall–Kier alpha value is -2.32. The third-order valence-electron chi connectivity index (χ3n) is 2.95. The lowest BCUT2D eigenvalue weighted by molar-refractivity contribution is -0.113. The first-order valence-electron chi connectivity index (χ1n) is 6.75. The van der Waals surface area contributed by atoms with E-state index < -0.39 is 0 Å². The predicted molar refractivity (Wildman–Crippen MR) is 89.1 cm³/mol. The normalized spacial score (nSPS) is 10.7. The number of carbonyl (C=O) groups is 1. The summed E-state index contributed by atoms with van der Waals surface area (Å²) in [5, 5.41) is 9.61. The Labute approximate surface area is 141 Å². The molecule has 0 fully saturated rings. The molecule has 0 aromatic carbocycles. The van der Waals surface area contributed by atoms with E-state index in [0.29, 0.717) is 17.5 Å². The van der Waals surface area contributed by atoms with Gasteiger partial charge in [0.1, 0.15) is 22.4 Å². The summed E-state index contributed by atoms with van der Waals surface area (Å²) in [4.78, 5) is 24.7. The smallest absolute Gasteiger partial charge is 0.253 e. The monoisotopic (exact) mass is 348 g/mol. The number of alkyl halides is 1. The van der Waals surface area contributed by atoms with Gasteiger partial charge in [0.15, 0.2) is 0 Å². The first-order valence-corrected chi connectivity index (χ1v) is 8.16. The van der Waals surface area contributed by atoms with Gasteiger partial charge < -0.3 is 5.32 Å². The fourth-order valence-corrected chi connectivity index (χ4v) is 2.72. The van der Waals surface area contributed by atoms with Crippen molar-refractivity contribution >= 4 is 34.7 Å². The van der Waals surface area contributed by atoms with Crippen LogP contribution in [0.2, 0.25) is 0 Å². The number of amides is 1. The number of nitrogens with one attached hydrogen (secondary N) is 1. The van der Waals surface area contributed by atoms with E-state index >= 15 is 0 Å². The van der Waals surface area contributed by atoms with Crippen LogP contribution in [0.3, 0.4) is 0 Å². The minimum atomic E-state index is -0.338. The van der Waals surface area contributed by atoms with Crippen LogP contribution in [0.25, 0.3) is 16.6 Å². The van der Waals surface area contributed by atoms with E-state index in [9.17, 15) is 4.79 Å². The van der Waals surface area contributed by atoms with Crippen molar-refractivity contribution in [1.82, 2.24) is 24.7 Å².